The van der Waals surface area contributed by atoms with Gasteiger partial charge in [0.1, 0.15) is 97.7 Å². The smallest absolute Gasteiger partial charge is 0.187 e. The van der Waals surface area contributed by atoms with Gasteiger partial charge in [-0.25, -0.2) is 0 Å². The van der Waals surface area contributed by atoms with Gasteiger partial charge in [0.25, 0.3) is 0 Å². The summed E-state index contributed by atoms with van der Waals surface area (Å²) in [6.07, 6.45) is -22.3. The molecule has 0 aromatic heterocycles. The van der Waals surface area contributed by atoms with E-state index in [2.05, 4.69) is 26.3 Å². The zero-order chi connectivity index (χ0) is 59.9. The predicted octanol–water partition coefficient (Wildman–Crippen LogP) is 3.99. The van der Waals surface area contributed by atoms with E-state index in [0.717, 1.165) is 22.3 Å². The average molecular weight is 1190 g/mol. The van der Waals surface area contributed by atoms with Crippen molar-refractivity contribution >= 4 is 0 Å². The number of benzene rings is 4. The molecule has 4 saturated heterocycles. The van der Waals surface area contributed by atoms with Gasteiger partial charge in [-0.1, -0.05) is 146 Å². The topological polar surface area (TPSA) is 260 Å². The van der Waals surface area contributed by atoms with E-state index < -0.39 is 123 Å². The lowest BCUT2D eigenvalue weighted by Crippen LogP contribution is -2.68. The third-order valence-electron chi connectivity index (χ3n) is 14.6. The first kappa shape index (κ1) is 66.0. The van der Waals surface area contributed by atoms with E-state index in [-0.39, 0.29) is 79.3 Å². The Morgan fingerprint density at radius 3 is 0.918 bits per heavy atom. The minimum absolute atomic E-state index is 0.0335. The van der Waals surface area contributed by atoms with Crippen LogP contribution in [0.4, 0.5) is 0 Å². The molecule has 4 aromatic carbocycles. The van der Waals surface area contributed by atoms with Crippen LogP contribution in [0, 0.1) is 0 Å². The quantitative estimate of drug-likeness (QED) is 0.0362. The molecule has 6 N–H and O–H groups in total. The first-order valence-electron chi connectivity index (χ1n) is 28.5. The van der Waals surface area contributed by atoms with E-state index in [1.54, 1.807) is 0 Å². The number of ether oxygens (including phenoxy) is 15. The maximum atomic E-state index is 12.6. The molecule has 85 heavy (non-hydrogen) atoms. The summed E-state index contributed by atoms with van der Waals surface area (Å²) in [5.41, 5.74) is 3.42. The van der Waals surface area contributed by atoms with Gasteiger partial charge in [0.05, 0.1) is 79.3 Å². The fraction of sp³-hybridized carbons (Fsp3) is 0.500. The highest BCUT2D eigenvalue weighted by Gasteiger charge is 2.57. The monoisotopic (exact) mass is 1190 g/mol. The highest BCUT2D eigenvalue weighted by atomic mass is 16.8. The third kappa shape index (κ3) is 18.5. The molecule has 20 atom stereocenters. The summed E-state index contributed by atoms with van der Waals surface area (Å²) in [6, 6.07) is 37.6. The Labute approximate surface area is 496 Å². The SMILES string of the molecule is C=CCO[C@H]1[C@@H](O)[C@@H](COCc2ccccc2)O[C@@H](O[C@@H]2[C@H](OCC=C)[C@@H](O)[C@H](O[C@@H]3[C@H](OCC=C)[C@@H](O)[C@H](O[C@@H]4[C@H](OCC=C)[C@@H](O)[C@H](O)O[C@@H]4COCc4ccccc4)O[C@@H]3COCc3ccccc3)O[C@@H]2COCc2ccccc2)[C@@H]1O. The van der Waals surface area contributed by atoms with Crippen LogP contribution in [-0.2, 0) is 97.5 Å². The molecule has 0 spiro atoms. The Bertz CT molecular complexity index is 2540. The molecule has 21 nitrogen and oxygen atoms in total. The summed E-state index contributed by atoms with van der Waals surface area (Å²) in [6.45, 7) is 14.7. The number of aliphatic hydroxyl groups is 6. The number of rotatable bonds is 34. The zero-order valence-corrected chi connectivity index (χ0v) is 47.5. The molecule has 21 heteroatoms. The van der Waals surface area contributed by atoms with Crippen molar-refractivity contribution in [3.05, 3.63) is 194 Å². The summed E-state index contributed by atoms with van der Waals surface area (Å²) in [4.78, 5) is 0. The van der Waals surface area contributed by atoms with Crippen LogP contribution >= 0.6 is 0 Å². The van der Waals surface area contributed by atoms with Crippen LogP contribution in [0.2, 0.25) is 0 Å². The van der Waals surface area contributed by atoms with Crippen LogP contribution < -0.4 is 0 Å². The van der Waals surface area contributed by atoms with E-state index in [4.69, 9.17) is 71.1 Å². The fourth-order valence-corrected chi connectivity index (χ4v) is 10.4. The fourth-order valence-electron chi connectivity index (χ4n) is 10.4. The summed E-state index contributed by atoms with van der Waals surface area (Å²) in [5.74, 6) is 0. The Morgan fingerprint density at radius 1 is 0.318 bits per heavy atom. The van der Waals surface area contributed by atoms with Gasteiger partial charge in [0, 0.05) is 0 Å². The van der Waals surface area contributed by atoms with Gasteiger partial charge in [0.15, 0.2) is 25.2 Å². The van der Waals surface area contributed by atoms with Crippen LogP contribution in [0.25, 0.3) is 0 Å². The lowest BCUT2D eigenvalue weighted by molar-refractivity contribution is -0.393. The molecule has 464 valence electrons. The molecule has 4 fully saturated rings. The number of hydrogen-bond donors (Lipinski definition) is 6. The molecule has 0 aliphatic carbocycles. The molecule has 4 aromatic rings. The minimum atomic E-state index is -1.72. The lowest BCUT2D eigenvalue weighted by atomic mass is 9.95. The van der Waals surface area contributed by atoms with Crippen LogP contribution in [-0.4, -0.2) is 206 Å². The van der Waals surface area contributed by atoms with Gasteiger partial charge < -0.3 is 102 Å². The first-order valence-corrected chi connectivity index (χ1v) is 28.5. The van der Waals surface area contributed by atoms with E-state index in [0.29, 0.717) is 0 Å². The summed E-state index contributed by atoms with van der Waals surface area (Å²) < 4.78 is 95.3. The van der Waals surface area contributed by atoms with E-state index in [1.165, 1.54) is 24.3 Å². The van der Waals surface area contributed by atoms with Gasteiger partial charge in [-0.15, -0.1) is 26.3 Å². The van der Waals surface area contributed by atoms with Crippen molar-refractivity contribution in [2.24, 2.45) is 0 Å². The molecule has 0 bridgehead atoms. The molecule has 0 radical (unpaired) electrons. The summed E-state index contributed by atoms with van der Waals surface area (Å²) in [5, 5.41) is 71.0. The Balaban J connectivity index is 1.10. The Morgan fingerprint density at radius 2 is 0.588 bits per heavy atom. The molecule has 4 aliphatic heterocycles. The molecule has 4 aliphatic rings. The average Bonchev–Trinajstić information content (AvgIpc) is 3.54. The van der Waals surface area contributed by atoms with Gasteiger partial charge in [-0.3, -0.25) is 0 Å². The zero-order valence-electron chi connectivity index (χ0n) is 47.5. The third-order valence-corrected chi connectivity index (χ3v) is 14.6. The van der Waals surface area contributed by atoms with Crippen LogP contribution in [0.5, 0.6) is 0 Å². The Kier molecular flexibility index (Phi) is 26.8. The first-order chi connectivity index (χ1) is 41.5. The van der Waals surface area contributed by atoms with Crippen molar-refractivity contribution in [3.8, 4) is 0 Å². The van der Waals surface area contributed by atoms with Crippen molar-refractivity contribution in [1.29, 1.82) is 0 Å². The van der Waals surface area contributed by atoms with Crippen molar-refractivity contribution in [2.75, 3.05) is 52.9 Å². The maximum Gasteiger partial charge on any atom is 0.187 e. The summed E-state index contributed by atoms with van der Waals surface area (Å²) in [7, 11) is 0. The normalized spacial score (nSPS) is 33.2. The van der Waals surface area contributed by atoms with Crippen molar-refractivity contribution < 1.29 is 102 Å². The molecule has 8 rings (SSSR count). The van der Waals surface area contributed by atoms with Crippen molar-refractivity contribution in [1.82, 2.24) is 0 Å². The molecule has 0 saturated carbocycles. The van der Waals surface area contributed by atoms with Crippen LogP contribution in [0.3, 0.4) is 0 Å². The highest BCUT2D eigenvalue weighted by molar-refractivity contribution is 5.16. The van der Waals surface area contributed by atoms with Gasteiger partial charge >= 0.3 is 0 Å². The van der Waals surface area contributed by atoms with E-state index in [9.17, 15) is 30.6 Å². The highest BCUT2D eigenvalue weighted by Crippen LogP contribution is 2.37. The number of aliphatic hydroxyl groups excluding tert-OH is 6. The second-order valence-corrected chi connectivity index (χ2v) is 20.8. The standard InChI is InChI=1S/C64H82O21/c1-5-29-75-57-49(65)45(37-71-33-41-21-13-9-14-22-41)80-62(51(57)67)84-55-47(39-73-35-43-25-17-11-18-26-43)82-64(53(69)59(55)77-31-7-3)85-56-48(40-74-36-44-27-19-12-20-28-44)81-63(52(68)60(56)78-32-8-4)83-54-46(38-72-34-42-23-15-10-16-24-42)79-61(70)50(66)58(54)76-30-6-2/h5-28,45-70H,1-4,29-40H2/t45-,46-,47-,48-,49+,50-,51-,52-,53-,54+,55+,56+,57+,58-,59-,60-,61-,62+,63+,64+/m1/s1. The predicted molar refractivity (Wildman–Crippen MR) is 306 cm³/mol. The second kappa shape index (κ2) is 34.5. The van der Waals surface area contributed by atoms with Gasteiger partial charge in [0.2, 0.25) is 0 Å². The largest absolute Gasteiger partial charge is 0.387 e. The van der Waals surface area contributed by atoms with Gasteiger partial charge in [-0.2, -0.15) is 0 Å². The molecule has 4 heterocycles. The Hall–Kier alpha value is -5.00. The van der Waals surface area contributed by atoms with E-state index >= 15 is 0 Å². The molecular formula is C64H82O21. The maximum absolute atomic E-state index is 12.6. The van der Waals surface area contributed by atoms with Gasteiger partial charge in [-0.05, 0) is 22.3 Å². The summed E-state index contributed by atoms with van der Waals surface area (Å²) >= 11 is 0. The lowest BCUT2D eigenvalue weighted by Gasteiger charge is -2.50. The van der Waals surface area contributed by atoms with Crippen LogP contribution in [0.15, 0.2) is 172 Å². The van der Waals surface area contributed by atoms with Crippen molar-refractivity contribution in [2.45, 2.75) is 149 Å². The van der Waals surface area contributed by atoms with E-state index in [1.807, 2.05) is 121 Å². The molecule has 0 unspecified atom stereocenters. The second-order valence-electron chi connectivity index (χ2n) is 20.8. The van der Waals surface area contributed by atoms with Crippen molar-refractivity contribution in [3.63, 3.8) is 0 Å². The van der Waals surface area contributed by atoms with Crippen LogP contribution in [0.1, 0.15) is 22.3 Å². The number of hydrogen-bond acceptors (Lipinski definition) is 21. The molecular weight excluding hydrogens is 1100 g/mol. The molecule has 0 amide bonds. The minimum Gasteiger partial charge on any atom is -0.387 e.